The van der Waals surface area contributed by atoms with Crippen LogP contribution in [0.3, 0.4) is 0 Å². The Balaban J connectivity index is 3.62. The van der Waals surface area contributed by atoms with Crippen LogP contribution in [0.25, 0.3) is 0 Å². The molecular weight excluding hydrogens is 194 g/mol. The van der Waals surface area contributed by atoms with Gasteiger partial charge in [-0.05, 0) is 25.2 Å². The van der Waals surface area contributed by atoms with Crippen molar-refractivity contribution in [2.24, 2.45) is 5.92 Å². The number of amides is 1. The van der Waals surface area contributed by atoms with Crippen LogP contribution < -0.4 is 5.32 Å². The molecule has 4 nitrogen and oxygen atoms in total. The van der Waals surface area contributed by atoms with Crippen LogP contribution in [0.1, 0.15) is 39.0 Å². The SMILES string of the molecule is CCCC(CCO)CNC(=O)CCCO. The third kappa shape index (κ3) is 8.39. The Morgan fingerprint density at radius 1 is 1.27 bits per heavy atom. The van der Waals surface area contributed by atoms with Crippen LogP contribution >= 0.6 is 0 Å². The first-order valence-corrected chi connectivity index (χ1v) is 5.73. The minimum Gasteiger partial charge on any atom is -0.396 e. The number of carbonyl (C=O) groups is 1. The highest BCUT2D eigenvalue weighted by Crippen LogP contribution is 2.09. The highest BCUT2D eigenvalue weighted by Gasteiger charge is 2.08. The summed E-state index contributed by atoms with van der Waals surface area (Å²) >= 11 is 0. The molecule has 0 aromatic heterocycles. The minimum atomic E-state index is -0.0110. The van der Waals surface area contributed by atoms with Crippen molar-refractivity contribution >= 4 is 5.91 Å². The average molecular weight is 217 g/mol. The fraction of sp³-hybridized carbons (Fsp3) is 0.909. The van der Waals surface area contributed by atoms with Crippen LogP contribution in [0, 0.1) is 5.92 Å². The Kier molecular flexibility index (Phi) is 9.52. The lowest BCUT2D eigenvalue weighted by atomic mass is 10.0. The van der Waals surface area contributed by atoms with Crippen LogP contribution in [-0.2, 0) is 4.79 Å². The first kappa shape index (κ1) is 14.4. The predicted molar refractivity (Wildman–Crippen MR) is 59.4 cm³/mol. The maximum Gasteiger partial charge on any atom is 0.220 e. The van der Waals surface area contributed by atoms with Crippen molar-refractivity contribution in [3.8, 4) is 0 Å². The van der Waals surface area contributed by atoms with E-state index in [2.05, 4.69) is 12.2 Å². The molecule has 0 aliphatic carbocycles. The Morgan fingerprint density at radius 3 is 2.53 bits per heavy atom. The summed E-state index contributed by atoms with van der Waals surface area (Å²) in [5, 5.41) is 20.2. The number of rotatable bonds is 9. The molecule has 3 N–H and O–H groups in total. The van der Waals surface area contributed by atoms with Gasteiger partial charge in [-0.15, -0.1) is 0 Å². The lowest BCUT2D eigenvalue weighted by molar-refractivity contribution is -0.121. The molecule has 0 aliphatic rings. The second-order valence-corrected chi connectivity index (χ2v) is 3.80. The average Bonchev–Trinajstić information content (AvgIpc) is 2.23. The number of carbonyl (C=O) groups excluding carboxylic acids is 1. The van der Waals surface area contributed by atoms with E-state index in [-0.39, 0.29) is 19.1 Å². The Morgan fingerprint density at radius 2 is 2.00 bits per heavy atom. The molecule has 15 heavy (non-hydrogen) atoms. The van der Waals surface area contributed by atoms with Gasteiger partial charge in [-0.2, -0.15) is 0 Å². The first-order valence-electron chi connectivity index (χ1n) is 5.73. The largest absolute Gasteiger partial charge is 0.396 e. The van der Waals surface area contributed by atoms with Crippen LogP contribution in [0.5, 0.6) is 0 Å². The van der Waals surface area contributed by atoms with Gasteiger partial charge in [0.25, 0.3) is 0 Å². The van der Waals surface area contributed by atoms with E-state index in [1.165, 1.54) is 0 Å². The van der Waals surface area contributed by atoms with E-state index in [0.717, 1.165) is 19.3 Å². The van der Waals surface area contributed by atoms with Gasteiger partial charge in [0.15, 0.2) is 0 Å². The lowest BCUT2D eigenvalue weighted by Crippen LogP contribution is -2.29. The van der Waals surface area contributed by atoms with Crippen molar-refractivity contribution in [1.82, 2.24) is 5.32 Å². The molecule has 0 saturated heterocycles. The topological polar surface area (TPSA) is 69.6 Å². The molecule has 0 saturated carbocycles. The number of aliphatic hydroxyl groups is 2. The normalized spacial score (nSPS) is 12.5. The zero-order chi connectivity index (χ0) is 11.5. The van der Waals surface area contributed by atoms with Gasteiger partial charge in [0.05, 0.1) is 0 Å². The molecule has 0 aliphatic heterocycles. The molecule has 1 amide bonds. The van der Waals surface area contributed by atoms with E-state index < -0.39 is 0 Å². The van der Waals surface area contributed by atoms with Gasteiger partial charge in [-0.1, -0.05) is 13.3 Å². The van der Waals surface area contributed by atoms with E-state index in [9.17, 15) is 4.79 Å². The smallest absolute Gasteiger partial charge is 0.220 e. The Hall–Kier alpha value is -0.610. The zero-order valence-electron chi connectivity index (χ0n) is 9.54. The molecule has 0 spiro atoms. The summed E-state index contributed by atoms with van der Waals surface area (Å²) in [6, 6.07) is 0. The molecule has 1 unspecified atom stereocenters. The molecule has 0 rings (SSSR count). The second-order valence-electron chi connectivity index (χ2n) is 3.80. The summed E-state index contributed by atoms with van der Waals surface area (Å²) in [6.45, 7) is 2.97. The van der Waals surface area contributed by atoms with Gasteiger partial charge in [0.2, 0.25) is 5.91 Å². The van der Waals surface area contributed by atoms with Gasteiger partial charge in [0.1, 0.15) is 0 Å². The maximum atomic E-state index is 11.2. The Labute approximate surface area is 91.7 Å². The first-order chi connectivity index (χ1) is 7.24. The predicted octanol–water partition coefficient (Wildman–Crippen LogP) is 0.674. The quantitative estimate of drug-likeness (QED) is 0.532. The molecule has 0 heterocycles. The van der Waals surface area contributed by atoms with E-state index >= 15 is 0 Å². The summed E-state index contributed by atoms with van der Waals surface area (Å²) in [7, 11) is 0. The van der Waals surface area contributed by atoms with Crippen LogP contribution in [0.4, 0.5) is 0 Å². The van der Waals surface area contributed by atoms with E-state index in [0.29, 0.717) is 25.3 Å². The summed E-state index contributed by atoms with van der Waals surface area (Å²) in [4.78, 5) is 11.2. The molecule has 90 valence electrons. The van der Waals surface area contributed by atoms with Crippen molar-refractivity contribution in [3.05, 3.63) is 0 Å². The number of aliphatic hydroxyl groups excluding tert-OH is 2. The summed E-state index contributed by atoms with van der Waals surface area (Å²) < 4.78 is 0. The molecule has 1 atom stereocenters. The van der Waals surface area contributed by atoms with Gasteiger partial charge in [-0.3, -0.25) is 4.79 Å². The lowest BCUT2D eigenvalue weighted by Gasteiger charge is -2.15. The van der Waals surface area contributed by atoms with Crippen molar-refractivity contribution in [1.29, 1.82) is 0 Å². The molecule has 4 heteroatoms. The van der Waals surface area contributed by atoms with Crippen LogP contribution in [0.15, 0.2) is 0 Å². The molecular formula is C11H23NO3. The molecule has 0 aromatic rings. The van der Waals surface area contributed by atoms with Crippen molar-refractivity contribution in [2.75, 3.05) is 19.8 Å². The Bertz CT molecular complexity index is 156. The minimum absolute atomic E-state index is 0.0110. The van der Waals surface area contributed by atoms with E-state index in [1.807, 2.05) is 0 Å². The van der Waals surface area contributed by atoms with Gasteiger partial charge in [-0.25, -0.2) is 0 Å². The van der Waals surface area contributed by atoms with Crippen LogP contribution in [-0.4, -0.2) is 35.9 Å². The van der Waals surface area contributed by atoms with Crippen LogP contribution in [0.2, 0.25) is 0 Å². The zero-order valence-corrected chi connectivity index (χ0v) is 9.54. The number of hydrogen-bond acceptors (Lipinski definition) is 3. The van der Waals surface area contributed by atoms with Gasteiger partial charge < -0.3 is 15.5 Å². The highest BCUT2D eigenvalue weighted by molar-refractivity contribution is 5.75. The molecule has 0 bridgehead atoms. The highest BCUT2D eigenvalue weighted by atomic mass is 16.3. The maximum absolute atomic E-state index is 11.2. The number of nitrogens with one attached hydrogen (secondary N) is 1. The fourth-order valence-corrected chi connectivity index (χ4v) is 1.53. The van der Waals surface area contributed by atoms with E-state index in [1.54, 1.807) is 0 Å². The fourth-order valence-electron chi connectivity index (χ4n) is 1.53. The summed E-state index contributed by atoms with van der Waals surface area (Å²) in [5.74, 6) is 0.362. The molecule has 0 fully saturated rings. The summed E-state index contributed by atoms with van der Waals surface area (Å²) in [5.41, 5.74) is 0. The second kappa shape index (κ2) is 9.93. The summed E-state index contributed by atoms with van der Waals surface area (Å²) in [6.07, 6.45) is 3.74. The van der Waals surface area contributed by atoms with Crippen molar-refractivity contribution in [3.63, 3.8) is 0 Å². The number of hydrogen-bond donors (Lipinski definition) is 3. The van der Waals surface area contributed by atoms with Crippen molar-refractivity contribution < 1.29 is 15.0 Å². The third-order valence-corrected chi connectivity index (χ3v) is 2.38. The molecule has 0 aromatic carbocycles. The van der Waals surface area contributed by atoms with E-state index in [4.69, 9.17) is 10.2 Å². The van der Waals surface area contributed by atoms with Crippen molar-refractivity contribution in [2.45, 2.75) is 39.0 Å². The monoisotopic (exact) mass is 217 g/mol. The standard InChI is InChI=1S/C11H23NO3/c1-2-4-10(6-8-14)9-12-11(15)5-3-7-13/h10,13-14H,2-9H2,1H3,(H,12,15). The van der Waals surface area contributed by atoms with Gasteiger partial charge >= 0.3 is 0 Å². The van der Waals surface area contributed by atoms with Gasteiger partial charge in [0, 0.05) is 26.2 Å². The molecule has 0 radical (unpaired) electrons. The third-order valence-electron chi connectivity index (χ3n) is 2.38.